The molecule has 0 unspecified atom stereocenters. The highest BCUT2D eigenvalue weighted by Gasteiger charge is 2.25. The van der Waals surface area contributed by atoms with E-state index in [4.69, 9.17) is 5.11 Å². The van der Waals surface area contributed by atoms with E-state index in [0.29, 0.717) is 6.42 Å². The van der Waals surface area contributed by atoms with Crippen molar-refractivity contribution in [2.24, 2.45) is 0 Å². The number of rotatable bonds is 5. The van der Waals surface area contributed by atoms with Crippen LogP contribution >= 0.6 is 0 Å². The highest BCUT2D eigenvalue weighted by molar-refractivity contribution is 7.89. The molecule has 0 aliphatic carbocycles. The van der Waals surface area contributed by atoms with Crippen molar-refractivity contribution in [1.29, 1.82) is 0 Å². The molecule has 0 radical (unpaired) electrons. The van der Waals surface area contributed by atoms with Gasteiger partial charge in [-0.25, -0.2) is 13.1 Å². The largest absolute Gasteiger partial charge is 0.396 e. The van der Waals surface area contributed by atoms with Crippen LogP contribution in [-0.2, 0) is 10.0 Å². The highest BCUT2D eigenvalue weighted by atomic mass is 32.2. The van der Waals surface area contributed by atoms with E-state index in [9.17, 15) is 8.42 Å². The van der Waals surface area contributed by atoms with Crippen LogP contribution in [-0.4, -0.2) is 25.7 Å². The molecule has 4 nitrogen and oxygen atoms in total. The van der Waals surface area contributed by atoms with E-state index in [-0.39, 0.29) is 11.5 Å². The molecule has 20 heavy (non-hydrogen) atoms. The summed E-state index contributed by atoms with van der Waals surface area (Å²) < 4.78 is 27.4. The minimum atomic E-state index is -3.59. The Morgan fingerprint density at radius 3 is 2.40 bits per heavy atom. The first-order chi connectivity index (χ1) is 9.34. The fourth-order valence-corrected chi connectivity index (χ4v) is 3.56. The molecule has 108 valence electrons. The third kappa shape index (κ3) is 3.36. The summed E-state index contributed by atoms with van der Waals surface area (Å²) in [4.78, 5) is 0.238. The molecule has 0 bridgehead atoms. The Hall–Kier alpha value is -1.43. The van der Waals surface area contributed by atoms with Crippen LogP contribution in [0.2, 0.25) is 0 Å². The van der Waals surface area contributed by atoms with Crippen molar-refractivity contribution in [2.45, 2.75) is 30.7 Å². The minimum Gasteiger partial charge on any atom is -0.396 e. The second-order valence-corrected chi connectivity index (χ2v) is 7.15. The Bertz CT molecular complexity index is 708. The van der Waals surface area contributed by atoms with E-state index in [0.717, 1.165) is 10.8 Å². The summed E-state index contributed by atoms with van der Waals surface area (Å²) >= 11 is 0. The lowest BCUT2D eigenvalue weighted by Gasteiger charge is -2.25. The van der Waals surface area contributed by atoms with Gasteiger partial charge < -0.3 is 5.11 Å². The van der Waals surface area contributed by atoms with Gasteiger partial charge in [-0.2, -0.15) is 0 Å². The number of aliphatic hydroxyl groups excluding tert-OH is 1. The van der Waals surface area contributed by atoms with Gasteiger partial charge in [0.15, 0.2) is 0 Å². The topological polar surface area (TPSA) is 66.4 Å². The van der Waals surface area contributed by atoms with Gasteiger partial charge in [-0.3, -0.25) is 0 Å². The van der Waals surface area contributed by atoms with Gasteiger partial charge in [0.2, 0.25) is 10.0 Å². The third-order valence-corrected chi connectivity index (χ3v) is 4.87. The van der Waals surface area contributed by atoms with E-state index in [2.05, 4.69) is 4.72 Å². The maximum absolute atomic E-state index is 12.4. The number of fused-ring (bicyclic) bond motifs is 1. The molecule has 2 aromatic carbocycles. The van der Waals surface area contributed by atoms with Gasteiger partial charge in [0.1, 0.15) is 0 Å². The molecule has 2 rings (SSSR count). The first-order valence-electron chi connectivity index (χ1n) is 6.48. The predicted molar refractivity (Wildman–Crippen MR) is 80.1 cm³/mol. The molecule has 0 fully saturated rings. The van der Waals surface area contributed by atoms with E-state index in [1.807, 2.05) is 24.3 Å². The molecule has 0 aromatic heterocycles. The summed E-state index contributed by atoms with van der Waals surface area (Å²) in [5.74, 6) is 0. The fraction of sp³-hybridized carbons (Fsp3) is 0.333. The van der Waals surface area contributed by atoms with Crippen molar-refractivity contribution in [2.75, 3.05) is 6.61 Å². The molecule has 0 spiro atoms. The van der Waals surface area contributed by atoms with Crippen molar-refractivity contribution in [3.8, 4) is 0 Å². The fourth-order valence-electron chi connectivity index (χ4n) is 2.09. The van der Waals surface area contributed by atoms with E-state index in [1.165, 1.54) is 0 Å². The molecular formula is C15H19NO3S. The maximum atomic E-state index is 12.4. The van der Waals surface area contributed by atoms with Crippen LogP contribution in [0.25, 0.3) is 10.8 Å². The summed E-state index contributed by atoms with van der Waals surface area (Å²) in [5, 5.41) is 10.9. The quantitative estimate of drug-likeness (QED) is 0.889. The lowest BCUT2D eigenvalue weighted by molar-refractivity contribution is 0.246. The van der Waals surface area contributed by atoms with Crippen molar-refractivity contribution < 1.29 is 13.5 Å². The second kappa shape index (κ2) is 5.52. The zero-order valence-corrected chi connectivity index (χ0v) is 12.4. The molecule has 5 heteroatoms. The zero-order chi connectivity index (χ0) is 14.8. The Kier molecular flexibility index (Phi) is 4.13. The summed E-state index contributed by atoms with van der Waals surface area (Å²) in [6, 6.07) is 12.7. The Morgan fingerprint density at radius 1 is 1.10 bits per heavy atom. The molecule has 0 atom stereocenters. The van der Waals surface area contributed by atoms with Crippen molar-refractivity contribution in [1.82, 2.24) is 4.72 Å². The van der Waals surface area contributed by atoms with Crippen molar-refractivity contribution in [3.05, 3.63) is 42.5 Å². The SMILES string of the molecule is CC(C)(CCO)NS(=O)(=O)c1ccc2ccccc2c1. The number of hydrogen-bond donors (Lipinski definition) is 2. The first-order valence-corrected chi connectivity index (χ1v) is 7.96. The molecule has 0 aliphatic heterocycles. The van der Waals surface area contributed by atoms with E-state index in [1.54, 1.807) is 32.0 Å². The average Bonchev–Trinajstić information content (AvgIpc) is 2.36. The van der Waals surface area contributed by atoms with Crippen LogP contribution in [0.4, 0.5) is 0 Å². The molecule has 0 saturated carbocycles. The monoisotopic (exact) mass is 293 g/mol. The van der Waals surface area contributed by atoms with Crippen LogP contribution < -0.4 is 4.72 Å². The van der Waals surface area contributed by atoms with Gasteiger partial charge in [-0.05, 0) is 43.2 Å². The van der Waals surface area contributed by atoms with Crippen LogP contribution in [0.1, 0.15) is 20.3 Å². The number of sulfonamides is 1. The van der Waals surface area contributed by atoms with Gasteiger partial charge in [0.05, 0.1) is 4.90 Å². The van der Waals surface area contributed by atoms with E-state index < -0.39 is 15.6 Å². The molecular weight excluding hydrogens is 274 g/mol. The standard InChI is InChI=1S/C15H19NO3S/c1-15(2,9-10-17)16-20(18,19)14-8-7-12-5-3-4-6-13(12)11-14/h3-8,11,16-17H,9-10H2,1-2H3. The summed E-state index contributed by atoms with van der Waals surface area (Å²) in [6.45, 7) is 3.44. The lowest BCUT2D eigenvalue weighted by Crippen LogP contribution is -2.43. The zero-order valence-electron chi connectivity index (χ0n) is 11.6. The van der Waals surface area contributed by atoms with Crippen LogP contribution in [0.5, 0.6) is 0 Å². The second-order valence-electron chi connectivity index (χ2n) is 5.47. The van der Waals surface area contributed by atoms with Crippen molar-refractivity contribution >= 4 is 20.8 Å². The van der Waals surface area contributed by atoms with Crippen LogP contribution in [0, 0.1) is 0 Å². The van der Waals surface area contributed by atoms with Gasteiger partial charge in [-0.1, -0.05) is 30.3 Å². The average molecular weight is 293 g/mol. The van der Waals surface area contributed by atoms with Gasteiger partial charge >= 0.3 is 0 Å². The molecule has 0 heterocycles. The number of benzene rings is 2. The van der Waals surface area contributed by atoms with Gasteiger partial charge in [0.25, 0.3) is 0 Å². The lowest BCUT2D eigenvalue weighted by atomic mass is 10.0. The molecule has 0 aliphatic rings. The third-order valence-electron chi connectivity index (χ3n) is 3.18. The van der Waals surface area contributed by atoms with E-state index >= 15 is 0 Å². The molecule has 0 saturated heterocycles. The minimum absolute atomic E-state index is 0.0623. The molecule has 2 N–H and O–H groups in total. The molecule has 2 aromatic rings. The van der Waals surface area contributed by atoms with Crippen molar-refractivity contribution in [3.63, 3.8) is 0 Å². The number of aliphatic hydroxyl groups is 1. The van der Waals surface area contributed by atoms with Gasteiger partial charge in [0, 0.05) is 12.1 Å². The summed E-state index contributed by atoms with van der Waals surface area (Å²) in [7, 11) is -3.59. The smallest absolute Gasteiger partial charge is 0.241 e. The number of hydrogen-bond acceptors (Lipinski definition) is 3. The molecule has 0 amide bonds. The Morgan fingerprint density at radius 2 is 1.75 bits per heavy atom. The Labute approximate surface area is 119 Å². The first kappa shape index (κ1) is 15.0. The Balaban J connectivity index is 2.36. The summed E-state index contributed by atoms with van der Waals surface area (Å²) in [5.41, 5.74) is -0.681. The van der Waals surface area contributed by atoms with Gasteiger partial charge in [-0.15, -0.1) is 0 Å². The normalized spacial score (nSPS) is 12.8. The summed E-state index contributed by atoms with van der Waals surface area (Å²) in [6.07, 6.45) is 0.361. The van der Waals surface area contributed by atoms with Crippen LogP contribution in [0.15, 0.2) is 47.4 Å². The maximum Gasteiger partial charge on any atom is 0.241 e. The number of nitrogens with one attached hydrogen (secondary N) is 1. The predicted octanol–water partition coefficient (Wildman–Crippen LogP) is 2.28. The highest BCUT2D eigenvalue weighted by Crippen LogP contribution is 2.20. The van der Waals surface area contributed by atoms with Crippen LogP contribution in [0.3, 0.4) is 0 Å².